The number of aliphatic hydroxyl groups is 2. The number of sulfonamides is 1. The number of aromatic nitrogens is 1. The molecule has 1 spiro atoms. The summed E-state index contributed by atoms with van der Waals surface area (Å²) in [5, 5.41) is 22.8. The number of hydrogen-bond donors (Lipinski definition) is 3. The van der Waals surface area contributed by atoms with E-state index in [-0.39, 0.29) is 34.7 Å². The van der Waals surface area contributed by atoms with Gasteiger partial charge in [-0.25, -0.2) is 16.8 Å². The van der Waals surface area contributed by atoms with Gasteiger partial charge in [-0.2, -0.15) is 4.31 Å². The molecule has 0 amide bonds. The smallest absolute Gasteiger partial charge is 0.243 e. The van der Waals surface area contributed by atoms with E-state index in [1.165, 1.54) is 16.4 Å². The van der Waals surface area contributed by atoms with Gasteiger partial charge in [0.2, 0.25) is 10.0 Å². The first-order chi connectivity index (χ1) is 21.0. The summed E-state index contributed by atoms with van der Waals surface area (Å²) in [6.45, 7) is 2.86. The molecule has 0 radical (unpaired) electrons. The predicted molar refractivity (Wildman–Crippen MR) is 165 cm³/mol. The van der Waals surface area contributed by atoms with Gasteiger partial charge in [0.15, 0.2) is 9.84 Å². The standard InChI is InChI=1S/C31H39N3O8S2/c1-23-8-9-30(33-19-23)24-4-2-7-29(16-24)44(39,40)34-12-10-31(11-13-34)18-25(21-42-31)32-20-26(36)22-41-27-5-3-6-28(17-27)43(37,38)15-14-35/h2-9,16-17,19,25-26,32,35-36H,10-15,18,20-22H2,1H3/t25-,26?/m1/s1. The Balaban J connectivity index is 1.09. The molecular formula is C31H39N3O8S2. The van der Waals surface area contributed by atoms with Crippen molar-refractivity contribution in [1.82, 2.24) is 14.6 Å². The third-order valence-electron chi connectivity index (χ3n) is 8.13. The molecule has 2 aromatic carbocycles. The van der Waals surface area contributed by atoms with Crippen LogP contribution in [0.5, 0.6) is 5.75 Å². The molecule has 238 valence electrons. The fourth-order valence-corrected chi connectivity index (χ4v) is 8.16. The third kappa shape index (κ3) is 7.65. The van der Waals surface area contributed by atoms with Crippen LogP contribution in [0.25, 0.3) is 11.3 Å². The monoisotopic (exact) mass is 645 g/mol. The molecule has 2 fully saturated rings. The van der Waals surface area contributed by atoms with Crippen molar-refractivity contribution in [2.24, 2.45) is 0 Å². The maximum atomic E-state index is 13.5. The van der Waals surface area contributed by atoms with Gasteiger partial charge in [0.05, 0.1) is 40.1 Å². The number of sulfone groups is 1. The molecule has 5 rings (SSSR count). The molecular weight excluding hydrogens is 606 g/mol. The molecule has 2 atom stereocenters. The van der Waals surface area contributed by atoms with Gasteiger partial charge in [0.25, 0.3) is 0 Å². The van der Waals surface area contributed by atoms with Gasteiger partial charge in [0, 0.05) is 37.4 Å². The Labute approximate surface area is 258 Å². The van der Waals surface area contributed by atoms with Crippen molar-refractivity contribution < 1.29 is 36.5 Å². The van der Waals surface area contributed by atoms with Crippen LogP contribution in [-0.4, -0.2) is 99.3 Å². The second-order valence-electron chi connectivity index (χ2n) is 11.4. The van der Waals surface area contributed by atoms with E-state index < -0.39 is 38.2 Å². The van der Waals surface area contributed by atoms with Crippen molar-refractivity contribution in [2.75, 3.05) is 45.2 Å². The lowest BCUT2D eigenvalue weighted by molar-refractivity contribution is -0.0312. The topological polar surface area (TPSA) is 155 Å². The van der Waals surface area contributed by atoms with E-state index in [1.54, 1.807) is 36.5 Å². The average Bonchev–Trinajstić information content (AvgIpc) is 3.41. The quantitative estimate of drug-likeness (QED) is 0.267. The molecule has 3 heterocycles. The molecule has 3 N–H and O–H groups in total. The largest absolute Gasteiger partial charge is 0.491 e. The number of aryl methyl sites for hydroxylation is 1. The summed E-state index contributed by atoms with van der Waals surface area (Å²) in [7, 11) is -7.29. The first-order valence-electron chi connectivity index (χ1n) is 14.6. The lowest BCUT2D eigenvalue weighted by Gasteiger charge is -2.38. The Bertz CT molecular complexity index is 1640. The zero-order valence-corrected chi connectivity index (χ0v) is 26.3. The molecule has 2 saturated heterocycles. The van der Waals surface area contributed by atoms with Crippen LogP contribution < -0.4 is 10.1 Å². The van der Waals surface area contributed by atoms with Gasteiger partial charge in [-0.3, -0.25) is 4.98 Å². The Morgan fingerprint density at radius 1 is 1.07 bits per heavy atom. The van der Waals surface area contributed by atoms with Crippen LogP contribution in [0.2, 0.25) is 0 Å². The molecule has 0 bridgehead atoms. The summed E-state index contributed by atoms with van der Waals surface area (Å²) in [6, 6.07) is 16.7. The molecule has 2 aliphatic heterocycles. The van der Waals surface area contributed by atoms with E-state index in [0.29, 0.717) is 44.7 Å². The minimum Gasteiger partial charge on any atom is -0.491 e. The number of benzene rings is 2. The lowest BCUT2D eigenvalue weighted by Crippen LogP contribution is -2.47. The van der Waals surface area contributed by atoms with E-state index in [2.05, 4.69) is 10.3 Å². The van der Waals surface area contributed by atoms with Crippen molar-refractivity contribution in [3.63, 3.8) is 0 Å². The van der Waals surface area contributed by atoms with E-state index >= 15 is 0 Å². The zero-order valence-electron chi connectivity index (χ0n) is 24.6. The summed E-state index contributed by atoms with van der Waals surface area (Å²) >= 11 is 0. The maximum absolute atomic E-state index is 13.5. The van der Waals surface area contributed by atoms with Gasteiger partial charge < -0.3 is 25.0 Å². The summed E-state index contributed by atoms with van der Waals surface area (Å²) in [5.74, 6) is -0.0614. The number of piperidine rings is 1. The highest BCUT2D eigenvalue weighted by Crippen LogP contribution is 2.37. The van der Waals surface area contributed by atoms with Crippen LogP contribution in [0.3, 0.4) is 0 Å². The molecule has 2 aliphatic rings. The van der Waals surface area contributed by atoms with Crippen molar-refractivity contribution in [3.05, 3.63) is 72.4 Å². The molecule has 1 unspecified atom stereocenters. The fourth-order valence-electron chi connectivity index (χ4n) is 5.61. The Morgan fingerprint density at radius 3 is 2.55 bits per heavy atom. The van der Waals surface area contributed by atoms with Crippen molar-refractivity contribution >= 4 is 19.9 Å². The molecule has 3 aromatic rings. The van der Waals surface area contributed by atoms with Crippen LogP contribution in [0.1, 0.15) is 24.8 Å². The van der Waals surface area contributed by atoms with Gasteiger partial charge in [0.1, 0.15) is 18.5 Å². The minimum absolute atomic E-state index is 0.00143. The van der Waals surface area contributed by atoms with Crippen molar-refractivity contribution in [2.45, 2.75) is 53.7 Å². The maximum Gasteiger partial charge on any atom is 0.243 e. The number of nitrogens with zero attached hydrogens (tertiary/aromatic N) is 2. The summed E-state index contributed by atoms with van der Waals surface area (Å²) in [4.78, 5) is 4.72. The van der Waals surface area contributed by atoms with Crippen LogP contribution >= 0.6 is 0 Å². The Kier molecular flexibility index (Phi) is 10.0. The van der Waals surface area contributed by atoms with Gasteiger partial charge >= 0.3 is 0 Å². The first kappa shape index (κ1) is 32.5. The van der Waals surface area contributed by atoms with Gasteiger partial charge in [-0.15, -0.1) is 0 Å². The molecule has 1 aromatic heterocycles. The minimum atomic E-state index is -3.68. The normalized spacial score (nSPS) is 19.7. The predicted octanol–water partition coefficient (Wildman–Crippen LogP) is 2.16. The SMILES string of the molecule is Cc1ccc(-c2cccc(S(=O)(=O)N3CCC4(CC3)C[C@@H](NCC(O)COc3cccc(S(=O)(=O)CCO)c3)CO4)c2)nc1. The lowest BCUT2D eigenvalue weighted by atomic mass is 9.88. The highest BCUT2D eigenvalue weighted by atomic mass is 32.2. The van der Waals surface area contributed by atoms with Crippen molar-refractivity contribution in [3.8, 4) is 17.0 Å². The molecule has 0 saturated carbocycles. The molecule has 13 heteroatoms. The zero-order chi connectivity index (χ0) is 31.4. The number of nitrogens with one attached hydrogen (secondary N) is 1. The Morgan fingerprint density at radius 2 is 1.82 bits per heavy atom. The highest BCUT2D eigenvalue weighted by Gasteiger charge is 2.44. The van der Waals surface area contributed by atoms with Crippen LogP contribution in [0.4, 0.5) is 0 Å². The van der Waals surface area contributed by atoms with Crippen molar-refractivity contribution in [1.29, 1.82) is 0 Å². The number of hydrogen-bond acceptors (Lipinski definition) is 10. The second kappa shape index (κ2) is 13.6. The van der Waals surface area contributed by atoms with Gasteiger partial charge in [-0.1, -0.05) is 24.3 Å². The Hall–Kier alpha value is -2.91. The van der Waals surface area contributed by atoms with Crippen LogP contribution in [0, 0.1) is 6.92 Å². The van der Waals surface area contributed by atoms with Crippen LogP contribution in [-0.2, 0) is 24.6 Å². The van der Waals surface area contributed by atoms with Crippen LogP contribution in [0.15, 0.2) is 76.7 Å². The second-order valence-corrected chi connectivity index (χ2v) is 15.5. The van der Waals surface area contributed by atoms with E-state index in [1.807, 2.05) is 25.1 Å². The van der Waals surface area contributed by atoms with E-state index in [4.69, 9.17) is 14.6 Å². The van der Waals surface area contributed by atoms with E-state index in [0.717, 1.165) is 16.8 Å². The van der Waals surface area contributed by atoms with Gasteiger partial charge in [-0.05, 0) is 68.1 Å². The number of ether oxygens (including phenoxy) is 2. The number of pyridine rings is 1. The molecule has 0 aliphatic carbocycles. The van der Waals surface area contributed by atoms with E-state index in [9.17, 15) is 21.9 Å². The number of rotatable bonds is 12. The average molecular weight is 646 g/mol. The summed E-state index contributed by atoms with van der Waals surface area (Å²) in [6.07, 6.45) is 2.77. The first-order valence-corrected chi connectivity index (χ1v) is 17.7. The highest BCUT2D eigenvalue weighted by molar-refractivity contribution is 7.91. The molecule has 44 heavy (non-hydrogen) atoms. The summed E-state index contributed by atoms with van der Waals surface area (Å²) < 4.78 is 64.7. The fraction of sp³-hybridized carbons (Fsp3) is 0.452. The third-order valence-corrected chi connectivity index (χ3v) is 11.7. The number of aliphatic hydroxyl groups excluding tert-OH is 2. The summed E-state index contributed by atoms with van der Waals surface area (Å²) in [5.41, 5.74) is 2.09. The molecule has 11 nitrogen and oxygen atoms in total.